The quantitative estimate of drug-likeness (QED) is 0.647. The predicted molar refractivity (Wildman–Crippen MR) is 71.1 cm³/mol. The van der Waals surface area contributed by atoms with Gasteiger partial charge in [-0.05, 0) is 12.1 Å². The average Bonchev–Trinajstić information content (AvgIpc) is 2.46. The van der Waals surface area contributed by atoms with Gasteiger partial charge >= 0.3 is 0 Å². The zero-order chi connectivity index (χ0) is 13.8. The largest absolute Gasteiger partial charge is 0.505 e. The van der Waals surface area contributed by atoms with Crippen molar-refractivity contribution in [1.82, 2.24) is 4.98 Å². The minimum Gasteiger partial charge on any atom is -0.505 e. The summed E-state index contributed by atoms with van der Waals surface area (Å²) >= 11 is 0. The monoisotopic (exact) mass is 256 g/mol. The van der Waals surface area contributed by atoms with Gasteiger partial charge in [-0.2, -0.15) is 0 Å². The first-order valence-electron chi connectivity index (χ1n) is 5.66. The Labute approximate surface area is 109 Å². The third kappa shape index (κ3) is 2.60. The van der Waals surface area contributed by atoms with Crippen molar-refractivity contribution in [2.45, 2.75) is 6.92 Å². The molecule has 0 fully saturated rings. The minimum absolute atomic E-state index is 0.0504. The fourth-order valence-corrected chi connectivity index (χ4v) is 1.72. The van der Waals surface area contributed by atoms with Crippen LogP contribution in [0.2, 0.25) is 0 Å². The van der Waals surface area contributed by atoms with Crippen molar-refractivity contribution in [2.24, 2.45) is 0 Å². The van der Waals surface area contributed by atoms with Gasteiger partial charge in [-0.1, -0.05) is 30.3 Å². The summed E-state index contributed by atoms with van der Waals surface area (Å²) in [5, 5.41) is 21.6. The average molecular weight is 256 g/mol. The van der Waals surface area contributed by atoms with Crippen molar-refractivity contribution in [1.29, 1.82) is 0 Å². The van der Waals surface area contributed by atoms with Crippen LogP contribution in [-0.2, 0) is 0 Å². The minimum atomic E-state index is -0.487. The fraction of sp³-hybridized carbons (Fsp3) is 0.0714. The molecule has 5 heteroatoms. The molecular formula is C14H12N2O3. The van der Waals surface area contributed by atoms with E-state index in [0.29, 0.717) is 10.8 Å². The molecule has 96 valence electrons. The summed E-state index contributed by atoms with van der Waals surface area (Å²) < 4.78 is 0. The molecule has 2 aromatic rings. The van der Waals surface area contributed by atoms with Crippen LogP contribution in [0.3, 0.4) is 0 Å². The summed E-state index contributed by atoms with van der Waals surface area (Å²) in [6.45, 7) is 1.39. The number of aliphatic hydroxyl groups excluding tert-OH is 1. The van der Waals surface area contributed by atoms with Crippen molar-refractivity contribution < 1.29 is 10.0 Å². The van der Waals surface area contributed by atoms with Gasteiger partial charge in [0, 0.05) is 18.7 Å². The van der Waals surface area contributed by atoms with Gasteiger partial charge in [0.2, 0.25) is 0 Å². The number of nitro groups is 1. The molecule has 0 unspecified atom stereocenters. The molecule has 5 nitrogen and oxygen atoms in total. The van der Waals surface area contributed by atoms with Crippen LogP contribution in [0.4, 0.5) is 0 Å². The number of nitrogens with zero attached hydrogens (tertiary/aromatic N) is 2. The first kappa shape index (κ1) is 12.8. The Bertz CT molecular complexity index is 724. The number of hydrogen-bond donors (Lipinski definition) is 1. The second-order valence-corrected chi connectivity index (χ2v) is 3.96. The Morgan fingerprint density at radius 1 is 1.21 bits per heavy atom. The molecule has 0 atom stereocenters. The van der Waals surface area contributed by atoms with Crippen molar-refractivity contribution in [3.63, 3.8) is 0 Å². The van der Waals surface area contributed by atoms with Crippen molar-refractivity contribution in [3.8, 4) is 0 Å². The molecule has 0 aliphatic heterocycles. The zero-order valence-corrected chi connectivity index (χ0v) is 10.3. The molecule has 1 heterocycles. The molecule has 1 N–H and O–H groups in total. The lowest BCUT2D eigenvalue weighted by Crippen LogP contribution is -2.33. The summed E-state index contributed by atoms with van der Waals surface area (Å²) in [6, 6.07) is 12.0. The van der Waals surface area contributed by atoms with Gasteiger partial charge in [0.05, 0.1) is 10.1 Å². The molecule has 0 aliphatic rings. The SMILES string of the molecule is C/C(=c1/cccn/c1=C(\O)c1ccccc1)[N+](=O)[O-]. The lowest BCUT2D eigenvalue weighted by Gasteiger charge is -2.00. The highest BCUT2D eigenvalue weighted by molar-refractivity contribution is 5.57. The van der Waals surface area contributed by atoms with Crippen LogP contribution in [0, 0.1) is 10.1 Å². The Kier molecular flexibility index (Phi) is 3.56. The Morgan fingerprint density at radius 3 is 2.53 bits per heavy atom. The van der Waals surface area contributed by atoms with Crippen LogP contribution in [0.15, 0.2) is 48.7 Å². The van der Waals surface area contributed by atoms with Crippen LogP contribution in [0.1, 0.15) is 12.5 Å². The van der Waals surface area contributed by atoms with E-state index >= 15 is 0 Å². The summed E-state index contributed by atoms with van der Waals surface area (Å²) in [7, 11) is 0. The van der Waals surface area contributed by atoms with E-state index in [1.807, 2.05) is 6.07 Å². The highest BCUT2D eigenvalue weighted by Gasteiger charge is 2.08. The van der Waals surface area contributed by atoms with Crippen molar-refractivity contribution in [3.05, 3.63) is 74.9 Å². The lowest BCUT2D eigenvalue weighted by molar-refractivity contribution is -0.379. The van der Waals surface area contributed by atoms with Gasteiger partial charge in [0.1, 0.15) is 11.1 Å². The normalized spacial score (nSPS) is 13.7. The van der Waals surface area contributed by atoms with Gasteiger partial charge in [-0.3, -0.25) is 15.1 Å². The maximum Gasteiger partial charge on any atom is 0.252 e. The fourth-order valence-electron chi connectivity index (χ4n) is 1.72. The Balaban J connectivity index is 2.85. The number of pyridine rings is 1. The highest BCUT2D eigenvalue weighted by atomic mass is 16.6. The Morgan fingerprint density at radius 2 is 1.89 bits per heavy atom. The number of aromatic nitrogens is 1. The van der Waals surface area contributed by atoms with Crippen LogP contribution in [0.25, 0.3) is 11.5 Å². The number of benzene rings is 1. The maximum absolute atomic E-state index is 10.9. The zero-order valence-electron chi connectivity index (χ0n) is 10.3. The maximum atomic E-state index is 10.9. The van der Waals surface area contributed by atoms with Crippen LogP contribution < -0.4 is 10.6 Å². The van der Waals surface area contributed by atoms with Gasteiger partial charge < -0.3 is 5.11 Å². The van der Waals surface area contributed by atoms with Gasteiger partial charge in [-0.25, -0.2) is 0 Å². The first-order chi connectivity index (χ1) is 9.11. The summed E-state index contributed by atoms with van der Waals surface area (Å²) in [5.74, 6) is -0.0719. The third-order valence-electron chi connectivity index (χ3n) is 2.74. The first-order valence-corrected chi connectivity index (χ1v) is 5.66. The summed E-state index contributed by atoms with van der Waals surface area (Å²) in [5.41, 5.74) is 0.518. The number of aliphatic hydroxyl groups is 1. The van der Waals surface area contributed by atoms with E-state index in [1.165, 1.54) is 13.1 Å². The second kappa shape index (κ2) is 5.30. The molecule has 1 aromatic carbocycles. The smallest absolute Gasteiger partial charge is 0.252 e. The molecule has 0 radical (unpaired) electrons. The van der Waals surface area contributed by atoms with E-state index in [4.69, 9.17) is 0 Å². The summed E-state index contributed by atoms with van der Waals surface area (Å²) in [4.78, 5) is 14.4. The Hall–Kier alpha value is -2.69. The molecule has 19 heavy (non-hydrogen) atoms. The van der Waals surface area contributed by atoms with Crippen molar-refractivity contribution in [2.75, 3.05) is 0 Å². The molecule has 0 aliphatic carbocycles. The van der Waals surface area contributed by atoms with Gasteiger partial charge in [0.15, 0.2) is 0 Å². The lowest BCUT2D eigenvalue weighted by atomic mass is 10.1. The molecular weight excluding hydrogens is 244 g/mol. The molecule has 0 spiro atoms. The van der Waals surface area contributed by atoms with E-state index in [0.717, 1.165) is 0 Å². The van der Waals surface area contributed by atoms with E-state index < -0.39 is 4.92 Å². The predicted octanol–water partition coefficient (Wildman–Crippen LogP) is 1.20. The van der Waals surface area contributed by atoms with E-state index in [9.17, 15) is 15.2 Å². The number of rotatable bonds is 2. The molecule has 0 bridgehead atoms. The standard InChI is InChI=1S/C14H12N2O3/c1-10(16(18)19)12-8-5-9-15-13(12)14(17)11-6-3-2-4-7-11/h2-9,17H,1H3/b12-10+,14-13-. The molecule has 0 amide bonds. The van der Waals surface area contributed by atoms with E-state index in [2.05, 4.69) is 4.98 Å². The summed E-state index contributed by atoms with van der Waals surface area (Å²) in [6.07, 6.45) is 1.49. The second-order valence-electron chi connectivity index (χ2n) is 3.96. The van der Waals surface area contributed by atoms with Crippen molar-refractivity contribution >= 4 is 11.5 Å². The van der Waals surface area contributed by atoms with Crippen LogP contribution in [0.5, 0.6) is 0 Å². The van der Waals surface area contributed by atoms with Gasteiger partial charge in [0.25, 0.3) is 5.70 Å². The molecule has 0 saturated heterocycles. The van der Waals surface area contributed by atoms with Gasteiger partial charge in [-0.15, -0.1) is 0 Å². The molecule has 1 aromatic heterocycles. The van der Waals surface area contributed by atoms with E-state index in [1.54, 1.807) is 36.4 Å². The molecule has 0 saturated carbocycles. The van der Waals surface area contributed by atoms with E-state index in [-0.39, 0.29) is 16.8 Å². The topological polar surface area (TPSA) is 76.3 Å². The van der Waals surface area contributed by atoms with Crippen LogP contribution in [-0.4, -0.2) is 15.0 Å². The third-order valence-corrected chi connectivity index (χ3v) is 2.74. The number of hydrogen-bond acceptors (Lipinski definition) is 4. The molecule has 2 rings (SSSR count). The highest BCUT2D eigenvalue weighted by Crippen LogP contribution is 2.05. The van der Waals surface area contributed by atoms with Crippen LogP contribution >= 0.6 is 0 Å².